The summed E-state index contributed by atoms with van der Waals surface area (Å²) < 4.78 is 0. The Labute approximate surface area is 174 Å². The second kappa shape index (κ2) is 7.23. The molecular weight excluding hydrogens is 398 g/mol. The monoisotopic (exact) mass is 415 g/mol. The molecule has 5 aromatic rings. The molecule has 3 aromatic heterocycles. The molecule has 0 spiro atoms. The van der Waals surface area contributed by atoms with Crippen LogP contribution in [0.15, 0.2) is 58.8 Å². The van der Waals surface area contributed by atoms with E-state index in [1.165, 1.54) is 16.9 Å². The SMILES string of the molecule is Cc1ccc2[nH]cc(-c3csc(NC(=O)Cc4n[nH]c(=O)c5ccccc45)n3)c2c1. The van der Waals surface area contributed by atoms with E-state index in [0.717, 1.165) is 22.2 Å². The molecule has 0 aliphatic rings. The van der Waals surface area contributed by atoms with Crippen molar-refractivity contribution < 1.29 is 4.79 Å². The highest BCUT2D eigenvalue weighted by Crippen LogP contribution is 2.31. The van der Waals surface area contributed by atoms with E-state index in [1.54, 1.807) is 18.2 Å². The van der Waals surface area contributed by atoms with Crippen LogP contribution in [0, 0.1) is 6.92 Å². The molecule has 0 saturated heterocycles. The van der Waals surface area contributed by atoms with E-state index in [2.05, 4.69) is 44.5 Å². The number of hydrogen-bond donors (Lipinski definition) is 3. The first-order chi connectivity index (χ1) is 14.6. The van der Waals surface area contributed by atoms with Gasteiger partial charge >= 0.3 is 0 Å². The zero-order valence-electron chi connectivity index (χ0n) is 16.0. The third kappa shape index (κ3) is 3.27. The molecule has 0 aliphatic heterocycles. The Morgan fingerprint density at radius 2 is 1.97 bits per heavy atom. The fourth-order valence-electron chi connectivity index (χ4n) is 3.52. The number of rotatable bonds is 4. The number of fused-ring (bicyclic) bond motifs is 2. The Hall–Kier alpha value is -3.78. The van der Waals surface area contributed by atoms with Gasteiger partial charge < -0.3 is 10.3 Å². The molecule has 0 fully saturated rings. The van der Waals surface area contributed by atoms with Crippen LogP contribution in [-0.2, 0) is 11.2 Å². The summed E-state index contributed by atoms with van der Waals surface area (Å²) in [6.07, 6.45) is 1.97. The first kappa shape index (κ1) is 18.3. The molecule has 8 heteroatoms. The lowest BCUT2D eigenvalue weighted by Crippen LogP contribution is -2.18. The van der Waals surface area contributed by atoms with Crippen LogP contribution in [0.25, 0.3) is 32.9 Å². The molecular formula is C22H17N5O2S. The summed E-state index contributed by atoms with van der Waals surface area (Å²) >= 11 is 1.37. The largest absolute Gasteiger partial charge is 0.360 e. The third-order valence-corrected chi connectivity index (χ3v) is 5.72. The molecule has 30 heavy (non-hydrogen) atoms. The molecule has 0 unspecified atom stereocenters. The van der Waals surface area contributed by atoms with E-state index in [9.17, 15) is 9.59 Å². The van der Waals surface area contributed by atoms with Crippen LogP contribution in [0.3, 0.4) is 0 Å². The Morgan fingerprint density at radius 1 is 1.13 bits per heavy atom. The lowest BCUT2D eigenvalue weighted by Gasteiger charge is -2.04. The average molecular weight is 415 g/mol. The van der Waals surface area contributed by atoms with Gasteiger partial charge in [0.1, 0.15) is 0 Å². The lowest BCUT2D eigenvalue weighted by atomic mass is 10.1. The number of aromatic amines is 2. The number of nitrogens with zero attached hydrogens (tertiary/aromatic N) is 2. The first-order valence-corrected chi connectivity index (χ1v) is 10.3. The standard InChI is InChI=1S/C22H17N5O2S/c1-12-6-7-17-15(8-12)16(10-23-17)19-11-30-22(24-19)25-20(28)9-18-13-4-2-3-5-14(13)21(29)27-26-18/h2-8,10-11,23H,9H2,1H3,(H,27,29)(H,24,25,28). The Morgan fingerprint density at radius 3 is 2.83 bits per heavy atom. The quantitative estimate of drug-likeness (QED) is 0.412. The van der Waals surface area contributed by atoms with Crippen molar-refractivity contribution in [1.82, 2.24) is 20.2 Å². The minimum Gasteiger partial charge on any atom is -0.360 e. The van der Waals surface area contributed by atoms with Crippen molar-refractivity contribution in [3.63, 3.8) is 0 Å². The number of nitrogens with one attached hydrogen (secondary N) is 3. The fourth-order valence-corrected chi connectivity index (χ4v) is 4.25. The first-order valence-electron chi connectivity index (χ1n) is 9.38. The zero-order chi connectivity index (χ0) is 20.7. The molecule has 0 saturated carbocycles. The molecule has 2 aromatic carbocycles. The number of H-pyrrole nitrogens is 2. The molecule has 0 aliphatic carbocycles. The van der Waals surface area contributed by atoms with Crippen molar-refractivity contribution in [2.75, 3.05) is 5.32 Å². The number of carbonyl (C=O) groups excluding carboxylic acids is 1. The summed E-state index contributed by atoms with van der Waals surface area (Å²) in [7, 11) is 0. The number of aryl methyl sites for hydroxylation is 1. The number of hydrogen-bond acceptors (Lipinski definition) is 5. The molecule has 3 heterocycles. The van der Waals surface area contributed by atoms with Crippen LogP contribution in [0.4, 0.5) is 5.13 Å². The topological polar surface area (TPSA) is 104 Å². The molecule has 0 bridgehead atoms. The second-order valence-electron chi connectivity index (χ2n) is 7.06. The maximum atomic E-state index is 12.6. The van der Waals surface area contributed by atoms with Crippen LogP contribution in [0.5, 0.6) is 0 Å². The number of amides is 1. The van der Waals surface area contributed by atoms with Gasteiger partial charge in [0.15, 0.2) is 5.13 Å². The van der Waals surface area contributed by atoms with Crippen LogP contribution in [0.1, 0.15) is 11.3 Å². The van der Waals surface area contributed by atoms with E-state index in [1.807, 2.05) is 23.7 Å². The highest BCUT2D eigenvalue weighted by molar-refractivity contribution is 7.14. The summed E-state index contributed by atoms with van der Waals surface area (Å²) in [5.74, 6) is -0.240. The predicted molar refractivity (Wildman–Crippen MR) is 119 cm³/mol. The van der Waals surface area contributed by atoms with Gasteiger partial charge in [-0.05, 0) is 25.1 Å². The Kier molecular flexibility index (Phi) is 4.40. The minimum atomic E-state index is -0.270. The van der Waals surface area contributed by atoms with Gasteiger partial charge in [0.2, 0.25) is 5.91 Å². The van der Waals surface area contributed by atoms with Gasteiger partial charge in [-0.25, -0.2) is 10.1 Å². The van der Waals surface area contributed by atoms with Crippen molar-refractivity contribution in [2.45, 2.75) is 13.3 Å². The molecule has 5 rings (SSSR count). The Bertz CT molecular complexity index is 1460. The van der Waals surface area contributed by atoms with Crippen molar-refractivity contribution in [3.8, 4) is 11.3 Å². The van der Waals surface area contributed by atoms with Gasteiger partial charge in [0.25, 0.3) is 5.56 Å². The van der Waals surface area contributed by atoms with Gasteiger partial charge in [-0.15, -0.1) is 11.3 Å². The number of thiazole rings is 1. The highest BCUT2D eigenvalue weighted by atomic mass is 32.1. The number of aromatic nitrogens is 4. The van der Waals surface area contributed by atoms with Crippen LogP contribution in [0.2, 0.25) is 0 Å². The normalized spacial score (nSPS) is 11.2. The number of carbonyl (C=O) groups is 1. The average Bonchev–Trinajstić information content (AvgIpc) is 3.36. The van der Waals surface area contributed by atoms with E-state index in [0.29, 0.717) is 21.6 Å². The zero-order valence-corrected chi connectivity index (χ0v) is 16.8. The smallest absolute Gasteiger partial charge is 0.272 e. The number of benzene rings is 2. The molecule has 7 nitrogen and oxygen atoms in total. The molecule has 1 amide bonds. The van der Waals surface area contributed by atoms with Crippen molar-refractivity contribution >= 4 is 44.1 Å². The third-order valence-electron chi connectivity index (χ3n) is 4.97. The maximum absolute atomic E-state index is 12.6. The second-order valence-corrected chi connectivity index (χ2v) is 7.92. The number of anilines is 1. The van der Waals surface area contributed by atoms with E-state index < -0.39 is 0 Å². The molecule has 148 valence electrons. The van der Waals surface area contributed by atoms with Crippen molar-refractivity contribution in [3.05, 3.63) is 75.7 Å². The maximum Gasteiger partial charge on any atom is 0.272 e. The van der Waals surface area contributed by atoms with Gasteiger partial charge in [-0.2, -0.15) is 5.10 Å². The summed E-state index contributed by atoms with van der Waals surface area (Å²) in [6, 6.07) is 13.3. The van der Waals surface area contributed by atoms with Crippen LogP contribution >= 0.6 is 11.3 Å². The minimum absolute atomic E-state index is 0.0402. The van der Waals surface area contributed by atoms with Crippen molar-refractivity contribution in [2.24, 2.45) is 0 Å². The molecule has 0 atom stereocenters. The summed E-state index contributed by atoms with van der Waals surface area (Å²) in [6.45, 7) is 2.05. The van der Waals surface area contributed by atoms with Gasteiger partial charge in [-0.3, -0.25) is 9.59 Å². The van der Waals surface area contributed by atoms with E-state index >= 15 is 0 Å². The van der Waals surface area contributed by atoms with Gasteiger partial charge in [0.05, 0.1) is 23.2 Å². The van der Waals surface area contributed by atoms with Crippen LogP contribution in [-0.4, -0.2) is 26.1 Å². The molecule has 3 N–H and O–H groups in total. The van der Waals surface area contributed by atoms with Gasteiger partial charge in [0, 0.05) is 33.4 Å². The van der Waals surface area contributed by atoms with Gasteiger partial charge in [-0.1, -0.05) is 29.8 Å². The van der Waals surface area contributed by atoms with Crippen molar-refractivity contribution in [1.29, 1.82) is 0 Å². The summed E-state index contributed by atoms with van der Waals surface area (Å²) in [5.41, 5.74) is 4.27. The van der Waals surface area contributed by atoms with Crippen LogP contribution < -0.4 is 10.9 Å². The lowest BCUT2D eigenvalue weighted by molar-refractivity contribution is -0.115. The Balaban J connectivity index is 1.38. The van der Waals surface area contributed by atoms with E-state index in [4.69, 9.17) is 0 Å². The summed E-state index contributed by atoms with van der Waals surface area (Å²) in [5, 5.41) is 14.1. The molecule has 0 radical (unpaired) electrons. The summed E-state index contributed by atoms with van der Waals surface area (Å²) in [4.78, 5) is 32.3. The van der Waals surface area contributed by atoms with E-state index in [-0.39, 0.29) is 17.9 Å². The fraction of sp³-hybridized carbons (Fsp3) is 0.0909. The predicted octanol–water partition coefficient (Wildman–Crippen LogP) is 4.02. The highest BCUT2D eigenvalue weighted by Gasteiger charge is 2.14.